The molecule has 0 spiro atoms. The highest BCUT2D eigenvalue weighted by molar-refractivity contribution is 5.99. The van der Waals surface area contributed by atoms with E-state index in [1.807, 2.05) is 36.4 Å². The Bertz CT molecular complexity index is 2020. The maximum absolute atomic E-state index is 13.0. The topological polar surface area (TPSA) is 188 Å². The number of alkyl halides is 2. The van der Waals surface area contributed by atoms with E-state index in [2.05, 4.69) is 40.5 Å². The van der Waals surface area contributed by atoms with Crippen LogP contribution in [0.2, 0.25) is 0 Å². The van der Waals surface area contributed by atoms with E-state index in [0.29, 0.717) is 45.4 Å². The molecule has 6 heterocycles. The molecule has 2 fully saturated rings. The van der Waals surface area contributed by atoms with Crippen molar-refractivity contribution in [3.63, 3.8) is 0 Å². The molecule has 0 aromatic carbocycles. The van der Waals surface area contributed by atoms with Gasteiger partial charge in [-0.05, 0) is 72.1 Å². The Labute approximate surface area is 272 Å². The van der Waals surface area contributed by atoms with Crippen molar-refractivity contribution in [2.75, 3.05) is 22.1 Å². The normalized spacial score (nSPS) is 19.2. The quantitative estimate of drug-likeness (QED) is 0.189. The highest BCUT2D eigenvalue weighted by atomic mass is 19.1. The number of nitrogens with one attached hydrogen (secondary N) is 2. The van der Waals surface area contributed by atoms with E-state index in [0.717, 1.165) is 21.9 Å². The number of rotatable bonds is 6. The second kappa shape index (κ2) is 12.5. The molecule has 4 atom stereocenters. The predicted octanol–water partition coefficient (Wildman–Crippen LogP) is 5.14. The van der Waals surface area contributed by atoms with Crippen molar-refractivity contribution in [1.82, 2.24) is 29.9 Å². The Kier molecular flexibility index (Phi) is 7.97. The number of nitrogens with zero attached hydrogens (tertiary/aromatic N) is 6. The lowest BCUT2D eigenvalue weighted by Gasteiger charge is -2.08. The molecular formula is C34H28F2N10O2. The molecule has 14 heteroatoms. The molecule has 6 aromatic rings. The third-order valence-corrected chi connectivity index (χ3v) is 8.01. The average molecular weight is 647 g/mol. The standard InChI is InChI=1S/2C17H14FN5O/c2*18-13-6-11(13)17(24)23-15-5-10-4-14(9-2-1-3-20-7-9)22-16(19)12(10)8-21-15/h2*1-5,7-8,11,13H,6H2,(H2,19,22)(H,21,23,24)/t11-,13-;/m1./s1. The summed E-state index contributed by atoms with van der Waals surface area (Å²) in [6.07, 6.45) is 8.36. The Morgan fingerprint density at radius 3 is 1.44 bits per heavy atom. The Hall–Kier alpha value is -6.18. The van der Waals surface area contributed by atoms with Crippen molar-refractivity contribution in [3.05, 3.63) is 85.7 Å². The third-order valence-electron chi connectivity index (χ3n) is 8.01. The van der Waals surface area contributed by atoms with Crippen LogP contribution in [0.1, 0.15) is 12.8 Å². The van der Waals surface area contributed by atoms with E-state index >= 15 is 0 Å². The van der Waals surface area contributed by atoms with Crippen LogP contribution in [-0.4, -0.2) is 54.1 Å². The molecule has 6 aromatic heterocycles. The average Bonchev–Trinajstić information content (AvgIpc) is 4.02. The summed E-state index contributed by atoms with van der Waals surface area (Å²) in [5, 5.41) is 8.25. The second-order valence-corrected chi connectivity index (χ2v) is 11.5. The Balaban J connectivity index is 0.000000152. The van der Waals surface area contributed by atoms with Gasteiger partial charge in [-0.25, -0.2) is 28.7 Å². The van der Waals surface area contributed by atoms with Crippen molar-refractivity contribution >= 4 is 56.6 Å². The van der Waals surface area contributed by atoms with E-state index in [-0.39, 0.29) is 24.7 Å². The molecule has 240 valence electrons. The molecule has 0 bridgehead atoms. The van der Waals surface area contributed by atoms with Gasteiger partial charge in [0.25, 0.3) is 0 Å². The van der Waals surface area contributed by atoms with Crippen molar-refractivity contribution in [2.45, 2.75) is 25.2 Å². The van der Waals surface area contributed by atoms with Crippen molar-refractivity contribution in [2.24, 2.45) is 11.8 Å². The number of fused-ring (bicyclic) bond motifs is 2. The summed E-state index contributed by atoms with van der Waals surface area (Å²) in [4.78, 5) is 48.9. The van der Waals surface area contributed by atoms with Gasteiger partial charge in [-0.3, -0.25) is 19.6 Å². The first kappa shape index (κ1) is 30.5. The monoisotopic (exact) mass is 646 g/mol. The lowest BCUT2D eigenvalue weighted by atomic mass is 10.1. The number of nitrogen functional groups attached to an aromatic ring is 2. The molecule has 2 aliphatic rings. The minimum absolute atomic E-state index is 0.279. The molecule has 2 unspecified atom stereocenters. The molecule has 0 saturated heterocycles. The maximum Gasteiger partial charge on any atom is 0.231 e. The van der Waals surface area contributed by atoms with Crippen LogP contribution >= 0.6 is 0 Å². The number of hydrogen-bond acceptors (Lipinski definition) is 10. The molecule has 2 saturated carbocycles. The van der Waals surface area contributed by atoms with Crippen molar-refractivity contribution < 1.29 is 18.4 Å². The molecule has 2 aliphatic carbocycles. The van der Waals surface area contributed by atoms with Gasteiger partial charge in [-0.2, -0.15) is 0 Å². The number of halogens is 2. The van der Waals surface area contributed by atoms with Gasteiger partial charge in [0.05, 0.1) is 23.2 Å². The van der Waals surface area contributed by atoms with Crippen LogP contribution in [0.5, 0.6) is 0 Å². The van der Waals surface area contributed by atoms with Crippen LogP contribution in [0.15, 0.2) is 85.7 Å². The zero-order valence-corrected chi connectivity index (χ0v) is 25.2. The zero-order chi connectivity index (χ0) is 33.4. The number of nitrogens with two attached hydrogens (primary N) is 2. The van der Waals surface area contributed by atoms with Gasteiger partial charge in [0.15, 0.2) is 0 Å². The summed E-state index contributed by atoms with van der Waals surface area (Å²) in [5.41, 5.74) is 15.1. The van der Waals surface area contributed by atoms with Crippen LogP contribution < -0.4 is 22.1 Å². The summed E-state index contributed by atoms with van der Waals surface area (Å²) >= 11 is 0. The Morgan fingerprint density at radius 2 is 1.08 bits per heavy atom. The first-order valence-corrected chi connectivity index (χ1v) is 15.1. The largest absolute Gasteiger partial charge is 0.383 e. The number of anilines is 4. The van der Waals surface area contributed by atoms with Crippen LogP contribution in [-0.2, 0) is 9.59 Å². The molecule has 8 rings (SSSR count). The molecule has 2 amide bonds. The Morgan fingerprint density at radius 1 is 0.667 bits per heavy atom. The van der Waals surface area contributed by atoms with Gasteiger partial charge in [-0.15, -0.1) is 0 Å². The maximum atomic E-state index is 13.0. The molecule has 48 heavy (non-hydrogen) atoms. The van der Waals surface area contributed by atoms with Gasteiger partial charge < -0.3 is 22.1 Å². The molecule has 0 aliphatic heterocycles. The summed E-state index contributed by atoms with van der Waals surface area (Å²) in [7, 11) is 0. The van der Waals surface area contributed by atoms with Crippen molar-refractivity contribution in [1.29, 1.82) is 0 Å². The van der Waals surface area contributed by atoms with E-state index in [9.17, 15) is 18.4 Å². The molecule has 12 nitrogen and oxygen atoms in total. The van der Waals surface area contributed by atoms with Crippen LogP contribution in [0.3, 0.4) is 0 Å². The lowest BCUT2D eigenvalue weighted by molar-refractivity contribution is -0.118. The summed E-state index contributed by atoms with van der Waals surface area (Å²) < 4.78 is 25.9. The molecule has 0 radical (unpaired) electrons. The number of aromatic nitrogens is 6. The first-order valence-electron chi connectivity index (χ1n) is 15.1. The number of pyridine rings is 6. The first-order chi connectivity index (χ1) is 23.2. The van der Waals surface area contributed by atoms with Crippen molar-refractivity contribution in [3.8, 4) is 22.5 Å². The number of amides is 2. The minimum atomic E-state index is -1.04. The molecule has 6 N–H and O–H groups in total. The van der Waals surface area contributed by atoms with E-state index < -0.39 is 24.2 Å². The van der Waals surface area contributed by atoms with Crippen LogP contribution in [0, 0.1) is 11.8 Å². The van der Waals surface area contributed by atoms with Crippen LogP contribution in [0.25, 0.3) is 44.1 Å². The molecular weight excluding hydrogens is 618 g/mol. The van der Waals surface area contributed by atoms with Gasteiger partial charge in [0.1, 0.15) is 35.6 Å². The van der Waals surface area contributed by atoms with Gasteiger partial charge in [-0.1, -0.05) is 0 Å². The lowest BCUT2D eigenvalue weighted by Crippen LogP contribution is -2.15. The van der Waals surface area contributed by atoms with Gasteiger partial charge in [0, 0.05) is 59.1 Å². The van der Waals surface area contributed by atoms with E-state index in [1.54, 1.807) is 49.3 Å². The third kappa shape index (κ3) is 6.54. The fourth-order valence-electron chi connectivity index (χ4n) is 5.12. The summed E-state index contributed by atoms with van der Waals surface area (Å²) in [6.45, 7) is 0. The minimum Gasteiger partial charge on any atom is -0.383 e. The summed E-state index contributed by atoms with van der Waals surface area (Å²) in [5.74, 6) is -0.367. The smallest absolute Gasteiger partial charge is 0.231 e. The zero-order valence-electron chi connectivity index (χ0n) is 25.2. The highest BCUT2D eigenvalue weighted by Gasteiger charge is 2.44. The van der Waals surface area contributed by atoms with Crippen LogP contribution in [0.4, 0.5) is 32.1 Å². The summed E-state index contributed by atoms with van der Waals surface area (Å²) in [6, 6.07) is 14.5. The highest BCUT2D eigenvalue weighted by Crippen LogP contribution is 2.36. The van der Waals surface area contributed by atoms with Gasteiger partial charge >= 0.3 is 0 Å². The SMILES string of the molecule is Nc1nc(-c2cccnc2)cc2cc(NC(=O)C3CC3F)ncc12.Nc1nc(-c2cccnc2)cc2cc(NC(=O)[C@@H]3C[C@H]3F)ncc12. The predicted molar refractivity (Wildman–Crippen MR) is 178 cm³/mol. The van der Waals surface area contributed by atoms with E-state index in [1.165, 1.54) is 0 Å². The number of hydrogen-bond donors (Lipinski definition) is 4. The fourth-order valence-corrected chi connectivity index (χ4v) is 5.12. The number of carbonyl (C=O) groups is 2. The van der Waals surface area contributed by atoms with Gasteiger partial charge in [0.2, 0.25) is 11.8 Å². The van der Waals surface area contributed by atoms with E-state index in [4.69, 9.17) is 11.5 Å². The fraction of sp³-hybridized carbons (Fsp3) is 0.176. The second-order valence-electron chi connectivity index (χ2n) is 11.5. The number of carbonyl (C=O) groups excluding carboxylic acids is 2.